The van der Waals surface area contributed by atoms with Crippen molar-refractivity contribution in [3.63, 3.8) is 0 Å². The predicted molar refractivity (Wildman–Crippen MR) is 121 cm³/mol. The van der Waals surface area contributed by atoms with Gasteiger partial charge in [-0.25, -0.2) is 13.2 Å². The Morgan fingerprint density at radius 1 is 1.00 bits per heavy atom. The smallest absolute Gasteiger partial charge is 0.338 e. The van der Waals surface area contributed by atoms with Crippen LogP contribution in [-0.2, 0) is 31.3 Å². The van der Waals surface area contributed by atoms with Crippen LogP contribution in [0.1, 0.15) is 18.1 Å². The van der Waals surface area contributed by atoms with Gasteiger partial charge in [0.1, 0.15) is 12.1 Å². The van der Waals surface area contributed by atoms with Crippen LogP contribution in [0.15, 0.2) is 59.5 Å². The maximum absolute atomic E-state index is 13.0. The van der Waals surface area contributed by atoms with E-state index in [-0.39, 0.29) is 26.2 Å². The largest absolute Gasteiger partial charge is 0.416 e. The number of hydrogen-bond donors (Lipinski definition) is 1. The molecule has 2 aliphatic rings. The Morgan fingerprint density at radius 3 is 2.25 bits per heavy atom. The van der Waals surface area contributed by atoms with Crippen molar-refractivity contribution in [1.82, 2.24) is 19.4 Å². The molecule has 4 amide bonds. The van der Waals surface area contributed by atoms with Crippen LogP contribution < -0.4 is 5.32 Å². The molecule has 1 atom stereocenters. The van der Waals surface area contributed by atoms with Crippen LogP contribution >= 0.6 is 0 Å². The van der Waals surface area contributed by atoms with Gasteiger partial charge in [0.05, 0.1) is 10.5 Å². The maximum atomic E-state index is 13.0. The lowest BCUT2D eigenvalue weighted by Gasteiger charge is -2.34. The van der Waals surface area contributed by atoms with Crippen LogP contribution in [0.2, 0.25) is 0 Å². The van der Waals surface area contributed by atoms with E-state index in [0.29, 0.717) is 11.6 Å². The first kappa shape index (κ1) is 25.6. The molecule has 0 unspecified atom stereocenters. The van der Waals surface area contributed by atoms with Gasteiger partial charge in [-0.05, 0) is 30.7 Å². The molecule has 0 radical (unpaired) electrons. The van der Waals surface area contributed by atoms with Gasteiger partial charge in [0.25, 0.3) is 5.91 Å². The van der Waals surface area contributed by atoms with Crippen LogP contribution in [0, 0.1) is 0 Å². The SMILES string of the molecule is C[C@@]1(c2ccccc2)NC(=O)N(CC(=O)N2CCN(S(=O)(=O)c3cccc(C(F)(F)F)c3)CC2)C1=O. The second kappa shape index (κ2) is 9.21. The average molecular weight is 525 g/mol. The number of benzene rings is 2. The molecule has 192 valence electrons. The van der Waals surface area contributed by atoms with Crippen molar-refractivity contribution in [3.05, 3.63) is 65.7 Å². The summed E-state index contributed by atoms with van der Waals surface area (Å²) >= 11 is 0. The zero-order valence-corrected chi connectivity index (χ0v) is 20.0. The molecular formula is C23H23F3N4O5S. The van der Waals surface area contributed by atoms with Crippen molar-refractivity contribution < 1.29 is 36.0 Å². The van der Waals surface area contributed by atoms with E-state index in [2.05, 4.69) is 5.32 Å². The molecule has 0 spiro atoms. The highest BCUT2D eigenvalue weighted by molar-refractivity contribution is 7.89. The minimum atomic E-state index is -4.69. The Hall–Kier alpha value is -3.45. The van der Waals surface area contributed by atoms with E-state index in [1.807, 2.05) is 0 Å². The Labute approximate surface area is 205 Å². The number of rotatable bonds is 5. The molecular weight excluding hydrogens is 501 g/mol. The summed E-state index contributed by atoms with van der Waals surface area (Å²) in [4.78, 5) is 40.0. The summed E-state index contributed by atoms with van der Waals surface area (Å²) in [5.41, 5.74) is -1.84. The van der Waals surface area contributed by atoms with Gasteiger partial charge >= 0.3 is 12.2 Å². The Balaban J connectivity index is 1.40. The first-order valence-electron chi connectivity index (χ1n) is 11.0. The number of hydrogen-bond acceptors (Lipinski definition) is 5. The highest BCUT2D eigenvalue weighted by atomic mass is 32.2. The topological polar surface area (TPSA) is 107 Å². The summed E-state index contributed by atoms with van der Waals surface area (Å²) in [5.74, 6) is -1.13. The molecule has 2 saturated heterocycles. The molecule has 2 fully saturated rings. The zero-order valence-electron chi connectivity index (χ0n) is 19.2. The van der Waals surface area contributed by atoms with Gasteiger partial charge in [-0.3, -0.25) is 14.5 Å². The molecule has 0 aliphatic carbocycles. The number of amides is 4. The van der Waals surface area contributed by atoms with Crippen molar-refractivity contribution in [2.45, 2.75) is 23.5 Å². The maximum Gasteiger partial charge on any atom is 0.416 e. The highest BCUT2D eigenvalue weighted by Gasteiger charge is 2.49. The Morgan fingerprint density at radius 2 is 1.64 bits per heavy atom. The minimum absolute atomic E-state index is 0.0450. The van der Waals surface area contributed by atoms with Crippen LogP contribution in [-0.4, -0.2) is 73.1 Å². The number of sulfonamides is 1. The molecule has 4 rings (SSSR count). The zero-order chi connectivity index (χ0) is 26.3. The number of urea groups is 1. The summed E-state index contributed by atoms with van der Waals surface area (Å²) in [6.07, 6.45) is -4.69. The Bertz CT molecular complexity index is 1290. The summed E-state index contributed by atoms with van der Waals surface area (Å²) in [6, 6.07) is 11.3. The van der Waals surface area contributed by atoms with Gasteiger partial charge in [-0.15, -0.1) is 0 Å². The molecule has 2 heterocycles. The van der Waals surface area contributed by atoms with Crippen molar-refractivity contribution >= 4 is 27.9 Å². The fourth-order valence-corrected chi connectivity index (χ4v) is 5.67. The molecule has 0 aromatic heterocycles. The average Bonchev–Trinajstić information content (AvgIpc) is 3.08. The predicted octanol–water partition coefficient (Wildman–Crippen LogP) is 2.01. The number of halogens is 3. The van der Waals surface area contributed by atoms with Gasteiger partial charge in [-0.1, -0.05) is 36.4 Å². The molecule has 13 heteroatoms. The lowest BCUT2D eigenvalue weighted by molar-refractivity contribution is -0.139. The summed E-state index contributed by atoms with van der Waals surface area (Å²) < 4.78 is 65.7. The summed E-state index contributed by atoms with van der Waals surface area (Å²) in [7, 11) is -4.21. The van der Waals surface area contributed by atoms with Crippen molar-refractivity contribution in [2.24, 2.45) is 0 Å². The third-order valence-electron chi connectivity index (χ3n) is 6.31. The Kier molecular flexibility index (Phi) is 6.56. The van der Waals surface area contributed by atoms with Gasteiger partial charge in [0, 0.05) is 26.2 Å². The van der Waals surface area contributed by atoms with Gasteiger partial charge in [0.2, 0.25) is 15.9 Å². The highest BCUT2D eigenvalue weighted by Crippen LogP contribution is 2.32. The van der Waals surface area contributed by atoms with E-state index in [1.54, 1.807) is 37.3 Å². The third-order valence-corrected chi connectivity index (χ3v) is 8.20. The quantitative estimate of drug-likeness (QED) is 0.603. The van der Waals surface area contributed by atoms with E-state index >= 15 is 0 Å². The normalized spacial score (nSPS) is 21.6. The number of carbonyl (C=O) groups is 3. The van der Waals surface area contributed by atoms with Gasteiger partial charge in [-0.2, -0.15) is 17.5 Å². The van der Waals surface area contributed by atoms with Crippen molar-refractivity contribution in [2.75, 3.05) is 32.7 Å². The van der Waals surface area contributed by atoms with Crippen molar-refractivity contribution in [3.8, 4) is 0 Å². The fraction of sp³-hybridized carbons (Fsp3) is 0.348. The molecule has 0 saturated carbocycles. The van der Waals surface area contributed by atoms with Gasteiger partial charge < -0.3 is 10.2 Å². The lowest BCUT2D eigenvalue weighted by atomic mass is 9.92. The lowest BCUT2D eigenvalue weighted by Crippen LogP contribution is -2.53. The van der Waals surface area contributed by atoms with E-state index in [4.69, 9.17) is 0 Å². The van der Waals surface area contributed by atoms with Crippen LogP contribution in [0.3, 0.4) is 0 Å². The standard InChI is InChI=1S/C23H23F3N4O5S/c1-22(16-6-3-2-4-7-16)20(32)30(21(33)27-22)15-19(31)28-10-12-29(13-11-28)36(34,35)18-9-5-8-17(14-18)23(24,25)26/h2-9,14H,10-13,15H2,1H3,(H,27,33)/t22-/m0/s1. The first-order valence-corrected chi connectivity index (χ1v) is 12.4. The number of imide groups is 1. The monoisotopic (exact) mass is 524 g/mol. The van der Waals surface area contributed by atoms with Crippen LogP contribution in [0.4, 0.5) is 18.0 Å². The van der Waals surface area contributed by atoms with E-state index in [1.165, 1.54) is 4.90 Å². The third kappa shape index (κ3) is 4.67. The van der Waals surface area contributed by atoms with Gasteiger partial charge in [0.15, 0.2) is 0 Å². The molecule has 2 aromatic carbocycles. The molecule has 36 heavy (non-hydrogen) atoms. The second-order valence-corrected chi connectivity index (χ2v) is 10.6. The van der Waals surface area contributed by atoms with Crippen LogP contribution in [0.5, 0.6) is 0 Å². The molecule has 0 bridgehead atoms. The first-order chi connectivity index (χ1) is 16.8. The fourth-order valence-electron chi connectivity index (χ4n) is 4.20. The van der Waals surface area contributed by atoms with E-state index in [0.717, 1.165) is 27.4 Å². The number of nitrogens with one attached hydrogen (secondary N) is 1. The van der Waals surface area contributed by atoms with Crippen LogP contribution in [0.25, 0.3) is 0 Å². The summed E-state index contributed by atoms with van der Waals surface area (Å²) in [5, 5.41) is 2.61. The number of carbonyl (C=O) groups excluding carboxylic acids is 3. The summed E-state index contributed by atoms with van der Waals surface area (Å²) in [6.45, 7) is 0.642. The number of piperazine rings is 1. The van der Waals surface area contributed by atoms with E-state index < -0.39 is 56.6 Å². The van der Waals surface area contributed by atoms with E-state index in [9.17, 15) is 36.0 Å². The van der Waals surface area contributed by atoms with Crippen molar-refractivity contribution in [1.29, 1.82) is 0 Å². The second-order valence-electron chi connectivity index (χ2n) is 8.62. The minimum Gasteiger partial charge on any atom is -0.338 e. The molecule has 9 nitrogen and oxygen atoms in total. The molecule has 1 N–H and O–H groups in total. The number of nitrogens with zero attached hydrogens (tertiary/aromatic N) is 3. The molecule has 2 aromatic rings. The molecule has 2 aliphatic heterocycles. The number of alkyl halides is 3.